The van der Waals surface area contributed by atoms with E-state index in [0.717, 1.165) is 17.0 Å². The molecule has 0 saturated carbocycles. The van der Waals surface area contributed by atoms with Crippen LogP contribution in [0.15, 0.2) is 29.3 Å². The number of rotatable bonds is 4. The lowest BCUT2D eigenvalue weighted by Crippen LogP contribution is -2.23. The van der Waals surface area contributed by atoms with Crippen molar-refractivity contribution in [1.82, 2.24) is 9.55 Å². The molecule has 0 amide bonds. The van der Waals surface area contributed by atoms with E-state index in [-0.39, 0.29) is 18.1 Å². The van der Waals surface area contributed by atoms with Gasteiger partial charge in [-0.3, -0.25) is 14.7 Å². The summed E-state index contributed by atoms with van der Waals surface area (Å²) in [6, 6.07) is 0. The summed E-state index contributed by atoms with van der Waals surface area (Å²) in [4.78, 5) is 24.4. The van der Waals surface area contributed by atoms with Crippen molar-refractivity contribution in [3.63, 3.8) is 0 Å². The summed E-state index contributed by atoms with van der Waals surface area (Å²) in [5.41, 5.74) is -0.218. The third-order valence-electron chi connectivity index (χ3n) is 1.63. The zero-order valence-corrected chi connectivity index (χ0v) is 8.48. The van der Waals surface area contributed by atoms with Crippen LogP contribution < -0.4 is 5.69 Å². The van der Waals surface area contributed by atoms with Crippen LogP contribution >= 0.6 is 11.6 Å². The average Bonchev–Trinajstić information content (AvgIpc) is 2.20. The van der Waals surface area contributed by atoms with Gasteiger partial charge in [0.1, 0.15) is 6.20 Å². The lowest BCUT2D eigenvalue weighted by Gasteiger charge is -2.04. The molecule has 1 heterocycles. The number of nitro groups is 1. The first-order chi connectivity index (χ1) is 7.04. The Labute approximate surface area is 90.0 Å². The monoisotopic (exact) mass is 229 g/mol. The van der Waals surface area contributed by atoms with Crippen LogP contribution in [0, 0.1) is 10.1 Å². The van der Waals surface area contributed by atoms with Crippen molar-refractivity contribution in [2.24, 2.45) is 0 Å². The summed E-state index contributed by atoms with van der Waals surface area (Å²) < 4.78 is 1.10. The second kappa shape index (κ2) is 4.70. The normalized spacial score (nSPS) is 9.93. The van der Waals surface area contributed by atoms with Crippen LogP contribution in [0.5, 0.6) is 0 Å². The van der Waals surface area contributed by atoms with E-state index in [2.05, 4.69) is 11.6 Å². The van der Waals surface area contributed by atoms with Gasteiger partial charge >= 0.3 is 11.4 Å². The van der Waals surface area contributed by atoms with E-state index in [1.54, 1.807) is 0 Å². The maximum Gasteiger partial charge on any atom is 0.348 e. The molecule has 7 heteroatoms. The molecule has 0 N–H and O–H groups in total. The number of hydrogen-bond acceptors (Lipinski definition) is 4. The fraction of sp³-hybridized carbons (Fsp3) is 0.250. The second-order valence-corrected chi connectivity index (χ2v) is 3.13. The highest BCUT2D eigenvalue weighted by molar-refractivity contribution is 6.19. The van der Waals surface area contributed by atoms with Gasteiger partial charge in [0.2, 0.25) is 0 Å². The minimum atomic E-state index is -0.619. The van der Waals surface area contributed by atoms with Gasteiger partial charge in [0, 0.05) is 12.4 Å². The predicted octanol–water partition coefficient (Wildman–Crippen LogP) is 0.946. The quantitative estimate of drug-likeness (QED) is 0.333. The van der Waals surface area contributed by atoms with E-state index < -0.39 is 10.6 Å². The molecular formula is C8H8ClN3O3. The Morgan fingerprint density at radius 3 is 2.93 bits per heavy atom. The molecular weight excluding hydrogens is 222 g/mol. The van der Waals surface area contributed by atoms with Gasteiger partial charge in [-0.15, -0.1) is 11.6 Å². The van der Waals surface area contributed by atoms with Crippen molar-refractivity contribution < 1.29 is 4.92 Å². The molecule has 0 radical (unpaired) electrons. The number of aromatic nitrogens is 2. The van der Waals surface area contributed by atoms with Crippen LogP contribution in [-0.2, 0) is 6.54 Å². The molecule has 0 aliphatic carbocycles. The number of hydrogen-bond donors (Lipinski definition) is 0. The van der Waals surface area contributed by atoms with Crippen molar-refractivity contribution in [1.29, 1.82) is 0 Å². The van der Waals surface area contributed by atoms with Crippen molar-refractivity contribution in [3.05, 3.63) is 45.1 Å². The Morgan fingerprint density at radius 1 is 1.73 bits per heavy atom. The smallest absolute Gasteiger partial charge is 0.288 e. The van der Waals surface area contributed by atoms with Gasteiger partial charge < -0.3 is 0 Å². The van der Waals surface area contributed by atoms with E-state index in [1.165, 1.54) is 0 Å². The Morgan fingerprint density at radius 2 is 2.40 bits per heavy atom. The predicted molar refractivity (Wildman–Crippen MR) is 55.0 cm³/mol. The molecule has 0 fully saturated rings. The van der Waals surface area contributed by atoms with Crippen LogP contribution in [0.3, 0.4) is 0 Å². The van der Waals surface area contributed by atoms with Gasteiger partial charge in [-0.25, -0.2) is 4.79 Å². The van der Waals surface area contributed by atoms with E-state index in [4.69, 9.17) is 11.6 Å². The molecule has 0 aromatic carbocycles. The van der Waals surface area contributed by atoms with Crippen LogP contribution in [0.25, 0.3) is 0 Å². The van der Waals surface area contributed by atoms with Crippen LogP contribution in [0.4, 0.5) is 5.69 Å². The molecule has 0 bridgehead atoms. The zero-order valence-electron chi connectivity index (χ0n) is 7.72. The fourth-order valence-corrected chi connectivity index (χ4v) is 1.02. The molecule has 1 aromatic heterocycles. The van der Waals surface area contributed by atoms with Gasteiger partial charge in [0.15, 0.2) is 0 Å². The summed E-state index contributed by atoms with van der Waals surface area (Å²) in [6.45, 7) is 3.73. The highest BCUT2D eigenvalue weighted by Crippen LogP contribution is 2.06. The Hall–Kier alpha value is -1.69. The first-order valence-electron chi connectivity index (χ1n) is 3.98. The molecule has 0 aliphatic heterocycles. The van der Waals surface area contributed by atoms with E-state index >= 15 is 0 Å². The summed E-state index contributed by atoms with van der Waals surface area (Å²) >= 11 is 5.49. The van der Waals surface area contributed by atoms with Crippen molar-refractivity contribution >= 4 is 17.3 Å². The van der Waals surface area contributed by atoms with E-state index in [1.807, 2.05) is 0 Å². The van der Waals surface area contributed by atoms with Gasteiger partial charge in [-0.1, -0.05) is 6.58 Å². The van der Waals surface area contributed by atoms with E-state index in [0.29, 0.717) is 5.57 Å². The highest BCUT2D eigenvalue weighted by Gasteiger charge is 2.09. The van der Waals surface area contributed by atoms with Crippen molar-refractivity contribution in [2.45, 2.75) is 6.54 Å². The molecule has 80 valence electrons. The van der Waals surface area contributed by atoms with Crippen LogP contribution in [0.2, 0.25) is 0 Å². The third-order valence-corrected chi connectivity index (χ3v) is 2.01. The SMILES string of the molecule is C=C(CCl)Cn1cc([N+](=O)[O-])cnc1=O. The van der Waals surface area contributed by atoms with Gasteiger partial charge in [0.05, 0.1) is 11.1 Å². The fourth-order valence-electron chi connectivity index (χ4n) is 0.934. The summed E-state index contributed by atoms with van der Waals surface area (Å²) in [5, 5.41) is 10.4. The summed E-state index contributed by atoms with van der Waals surface area (Å²) in [6.07, 6.45) is 2.04. The Kier molecular flexibility index (Phi) is 3.56. The highest BCUT2D eigenvalue weighted by atomic mass is 35.5. The Bertz CT molecular complexity index is 455. The van der Waals surface area contributed by atoms with Crippen molar-refractivity contribution in [2.75, 3.05) is 5.88 Å². The number of nitrogens with zero attached hydrogens (tertiary/aromatic N) is 3. The summed E-state index contributed by atoms with van der Waals surface area (Å²) in [5.74, 6) is 0.190. The number of alkyl halides is 1. The molecule has 0 unspecified atom stereocenters. The van der Waals surface area contributed by atoms with Crippen LogP contribution in [0.1, 0.15) is 0 Å². The average molecular weight is 230 g/mol. The van der Waals surface area contributed by atoms with Gasteiger partial charge in [0.25, 0.3) is 0 Å². The minimum absolute atomic E-state index is 0.136. The standard InChI is InChI=1S/C8H8ClN3O3/c1-6(2-9)4-11-5-7(12(14)15)3-10-8(11)13/h3,5H,1-2,4H2. The number of halogens is 1. The maximum absolute atomic E-state index is 11.2. The molecule has 15 heavy (non-hydrogen) atoms. The lowest BCUT2D eigenvalue weighted by atomic mass is 10.3. The molecule has 1 rings (SSSR count). The minimum Gasteiger partial charge on any atom is -0.288 e. The summed E-state index contributed by atoms with van der Waals surface area (Å²) in [7, 11) is 0. The van der Waals surface area contributed by atoms with Gasteiger partial charge in [-0.05, 0) is 5.57 Å². The molecule has 1 aromatic rings. The second-order valence-electron chi connectivity index (χ2n) is 2.86. The van der Waals surface area contributed by atoms with Gasteiger partial charge in [-0.2, -0.15) is 4.98 Å². The first kappa shape index (κ1) is 11.4. The maximum atomic E-state index is 11.2. The number of allylic oxidation sites excluding steroid dienone is 1. The zero-order chi connectivity index (χ0) is 11.4. The first-order valence-corrected chi connectivity index (χ1v) is 4.51. The van der Waals surface area contributed by atoms with Crippen LogP contribution in [-0.4, -0.2) is 20.4 Å². The Balaban J connectivity index is 3.06. The third kappa shape index (κ3) is 2.88. The molecule has 0 spiro atoms. The molecule has 6 nitrogen and oxygen atoms in total. The largest absolute Gasteiger partial charge is 0.348 e. The van der Waals surface area contributed by atoms with E-state index in [9.17, 15) is 14.9 Å². The molecule has 0 atom stereocenters. The molecule has 0 saturated heterocycles. The topological polar surface area (TPSA) is 78.0 Å². The van der Waals surface area contributed by atoms with Crippen molar-refractivity contribution in [3.8, 4) is 0 Å². The molecule has 0 aliphatic rings. The lowest BCUT2D eigenvalue weighted by molar-refractivity contribution is -0.385.